The standard InChI is InChI=1S/C16H25NO3S/c1-4-5-10-20-14-8-6-13(7-9-14)16(19)17-12(2)15(11-18)21-3/h6-9,12,15,18H,4-5,10-11H2,1-3H3,(H,17,19). The molecule has 0 bridgehead atoms. The number of hydrogen-bond donors (Lipinski definition) is 2. The molecule has 5 heteroatoms. The summed E-state index contributed by atoms with van der Waals surface area (Å²) in [6, 6.07) is 7.06. The highest BCUT2D eigenvalue weighted by Crippen LogP contribution is 2.14. The zero-order valence-corrected chi connectivity index (χ0v) is 13.8. The van der Waals surface area contributed by atoms with E-state index in [9.17, 15) is 9.90 Å². The molecule has 1 amide bonds. The van der Waals surface area contributed by atoms with Crippen molar-refractivity contribution in [3.05, 3.63) is 29.8 Å². The van der Waals surface area contributed by atoms with Gasteiger partial charge in [0.2, 0.25) is 0 Å². The lowest BCUT2D eigenvalue weighted by Gasteiger charge is -2.21. The summed E-state index contributed by atoms with van der Waals surface area (Å²) in [4.78, 5) is 12.1. The van der Waals surface area contributed by atoms with Gasteiger partial charge in [-0.1, -0.05) is 13.3 Å². The number of amides is 1. The molecule has 2 N–H and O–H groups in total. The predicted molar refractivity (Wildman–Crippen MR) is 88.2 cm³/mol. The summed E-state index contributed by atoms with van der Waals surface area (Å²) in [5.41, 5.74) is 0.600. The van der Waals surface area contributed by atoms with Gasteiger partial charge in [-0.3, -0.25) is 4.79 Å². The molecular formula is C16H25NO3S. The van der Waals surface area contributed by atoms with Crippen LogP contribution in [0.25, 0.3) is 0 Å². The molecule has 0 saturated carbocycles. The van der Waals surface area contributed by atoms with E-state index in [0.29, 0.717) is 12.2 Å². The van der Waals surface area contributed by atoms with Crippen molar-refractivity contribution >= 4 is 17.7 Å². The van der Waals surface area contributed by atoms with Gasteiger partial charge >= 0.3 is 0 Å². The van der Waals surface area contributed by atoms with Crippen molar-refractivity contribution < 1.29 is 14.6 Å². The molecule has 0 radical (unpaired) electrons. The van der Waals surface area contributed by atoms with Gasteiger partial charge in [0.15, 0.2) is 0 Å². The van der Waals surface area contributed by atoms with Crippen LogP contribution in [0, 0.1) is 0 Å². The maximum atomic E-state index is 12.1. The van der Waals surface area contributed by atoms with Crippen molar-refractivity contribution in [2.45, 2.75) is 38.0 Å². The Morgan fingerprint density at radius 2 is 2.05 bits per heavy atom. The highest BCUT2D eigenvalue weighted by molar-refractivity contribution is 7.99. The molecule has 0 saturated heterocycles. The number of hydrogen-bond acceptors (Lipinski definition) is 4. The molecule has 118 valence electrons. The predicted octanol–water partition coefficient (Wildman–Crippen LogP) is 2.71. The monoisotopic (exact) mass is 311 g/mol. The molecule has 4 nitrogen and oxygen atoms in total. The second-order valence-corrected chi connectivity index (χ2v) is 6.02. The van der Waals surface area contributed by atoms with Crippen LogP contribution in [0.15, 0.2) is 24.3 Å². The Bertz CT molecular complexity index is 418. The zero-order chi connectivity index (χ0) is 15.7. The number of carbonyl (C=O) groups is 1. The van der Waals surface area contributed by atoms with Crippen LogP contribution in [-0.2, 0) is 0 Å². The van der Waals surface area contributed by atoms with E-state index >= 15 is 0 Å². The Morgan fingerprint density at radius 1 is 1.38 bits per heavy atom. The van der Waals surface area contributed by atoms with E-state index in [0.717, 1.165) is 18.6 Å². The molecule has 0 aromatic heterocycles. The third-order valence-corrected chi connectivity index (χ3v) is 4.45. The summed E-state index contributed by atoms with van der Waals surface area (Å²) in [7, 11) is 0. The largest absolute Gasteiger partial charge is 0.494 e. The van der Waals surface area contributed by atoms with E-state index in [2.05, 4.69) is 12.2 Å². The fourth-order valence-electron chi connectivity index (χ4n) is 1.86. The lowest BCUT2D eigenvalue weighted by Crippen LogP contribution is -2.41. The summed E-state index contributed by atoms with van der Waals surface area (Å²) >= 11 is 1.54. The van der Waals surface area contributed by atoms with Crippen LogP contribution >= 0.6 is 11.8 Å². The Labute approximate surface area is 131 Å². The second kappa shape index (κ2) is 9.68. The minimum Gasteiger partial charge on any atom is -0.494 e. The molecule has 2 atom stereocenters. The number of rotatable bonds is 9. The fraction of sp³-hybridized carbons (Fsp3) is 0.562. The molecular weight excluding hydrogens is 286 g/mol. The van der Waals surface area contributed by atoms with Crippen molar-refractivity contribution in [3.8, 4) is 5.75 Å². The molecule has 1 rings (SSSR count). The van der Waals surface area contributed by atoms with Gasteiger partial charge in [-0.25, -0.2) is 0 Å². The smallest absolute Gasteiger partial charge is 0.251 e. The first kappa shape index (κ1) is 17.9. The van der Waals surface area contributed by atoms with Crippen LogP contribution in [0.4, 0.5) is 0 Å². The molecule has 1 aromatic rings. The zero-order valence-electron chi connectivity index (χ0n) is 13.0. The Balaban J connectivity index is 2.54. The molecule has 21 heavy (non-hydrogen) atoms. The van der Waals surface area contributed by atoms with Gasteiger partial charge < -0.3 is 15.2 Å². The molecule has 0 heterocycles. The first-order valence-corrected chi connectivity index (χ1v) is 8.58. The Morgan fingerprint density at radius 3 is 2.57 bits per heavy atom. The van der Waals surface area contributed by atoms with E-state index in [1.165, 1.54) is 0 Å². The van der Waals surface area contributed by atoms with Crippen molar-refractivity contribution in [2.24, 2.45) is 0 Å². The van der Waals surface area contributed by atoms with Gasteiger partial charge in [0.25, 0.3) is 5.91 Å². The van der Waals surface area contributed by atoms with Gasteiger partial charge in [-0.05, 0) is 43.9 Å². The van der Waals surface area contributed by atoms with Gasteiger partial charge in [0.05, 0.1) is 13.2 Å². The highest BCUT2D eigenvalue weighted by atomic mass is 32.2. The van der Waals surface area contributed by atoms with Crippen LogP contribution in [-0.4, -0.2) is 41.8 Å². The molecule has 2 unspecified atom stereocenters. The second-order valence-electron chi connectivity index (χ2n) is 4.95. The molecule has 0 aliphatic rings. The van der Waals surface area contributed by atoms with Crippen LogP contribution in [0.1, 0.15) is 37.0 Å². The minimum absolute atomic E-state index is 0.00519. The number of thioether (sulfide) groups is 1. The Hall–Kier alpha value is -1.20. The summed E-state index contributed by atoms with van der Waals surface area (Å²) in [5.74, 6) is 0.653. The van der Waals surface area contributed by atoms with Crippen LogP contribution in [0.5, 0.6) is 5.75 Å². The maximum Gasteiger partial charge on any atom is 0.251 e. The van der Waals surface area contributed by atoms with E-state index in [1.54, 1.807) is 23.9 Å². The van der Waals surface area contributed by atoms with E-state index in [4.69, 9.17) is 4.74 Å². The van der Waals surface area contributed by atoms with Crippen LogP contribution in [0.2, 0.25) is 0 Å². The number of aliphatic hydroxyl groups is 1. The van der Waals surface area contributed by atoms with Gasteiger partial charge in [-0.15, -0.1) is 0 Å². The lowest BCUT2D eigenvalue weighted by atomic mass is 10.1. The topological polar surface area (TPSA) is 58.6 Å². The lowest BCUT2D eigenvalue weighted by molar-refractivity contribution is 0.0936. The van der Waals surface area contributed by atoms with Crippen LogP contribution < -0.4 is 10.1 Å². The van der Waals surface area contributed by atoms with E-state index < -0.39 is 0 Å². The Kier molecular flexibility index (Phi) is 8.23. The average Bonchev–Trinajstić information content (AvgIpc) is 2.49. The third kappa shape index (κ3) is 5.98. The van der Waals surface area contributed by atoms with E-state index in [-0.39, 0.29) is 23.8 Å². The summed E-state index contributed by atoms with van der Waals surface area (Å²) < 4.78 is 5.57. The molecule has 1 aromatic carbocycles. The number of aliphatic hydroxyl groups excluding tert-OH is 1. The third-order valence-electron chi connectivity index (χ3n) is 3.28. The van der Waals surface area contributed by atoms with Crippen molar-refractivity contribution in [2.75, 3.05) is 19.5 Å². The van der Waals surface area contributed by atoms with Gasteiger partial charge in [0.1, 0.15) is 5.75 Å². The normalized spacial score (nSPS) is 13.5. The number of ether oxygens (including phenoxy) is 1. The molecule has 0 aliphatic carbocycles. The first-order valence-electron chi connectivity index (χ1n) is 7.29. The fourth-order valence-corrected chi connectivity index (χ4v) is 2.48. The van der Waals surface area contributed by atoms with Crippen molar-refractivity contribution in [1.82, 2.24) is 5.32 Å². The number of nitrogens with one attached hydrogen (secondary N) is 1. The van der Waals surface area contributed by atoms with Crippen LogP contribution in [0.3, 0.4) is 0 Å². The number of unbranched alkanes of at least 4 members (excludes halogenated alkanes) is 1. The van der Waals surface area contributed by atoms with E-state index in [1.807, 2.05) is 25.3 Å². The highest BCUT2D eigenvalue weighted by Gasteiger charge is 2.18. The molecule has 0 spiro atoms. The molecule has 0 fully saturated rings. The van der Waals surface area contributed by atoms with Gasteiger partial charge in [-0.2, -0.15) is 11.8 Å². The summed E-state index contributed by atoms with van der Waals surface area (Å²) in [6.07, 6.45) is 4.04. The maximum absolute atomic E-state index is 12.1. The number of benzene rings is 1. The van der Waals surface area contributed by atoms with Crippen molar-refractivity contribution in [1.29, 1.82) is 0 Å². The van der Waals surface area contributed by atoms with Crippen molar-refractivity contribution in [3.63, 3.8) is 0 Å². The minimum atomic E-state index is -0.130. The summed E-state index contributed by atoms with van der Waals surface area (Å²) in [6.45, 7) is 4.77. The molecule has 0 aliphatic heterocycles. The first-order chi connectivity index (χ1) is 10.1. The van der Waals surface area contributed by atoms with Gasteiger partial charge in [0, 0.05) is 16.9 Å². The number of carbonyl (C=O) groups excluding carboxylic acids is 1. The summed E-state index contributed by atoms with van der Waals surface area (Å²) in [5, 5.41) is 12.1. The average molecular weight is 311 g/mol. The SMILES string of the molecule is CCCCOc1ccc(C(=O)NC(C)C(CO)SC)cc1. The quantitative estimate of drug-likeness (QED) is 0.689.